The van der Waals surface area contributed by atoms with Crippen LogP contribution in [0.2, 0.25) is 5.02 Å². The molecule has 0 aromatic heterocycles. The van der Waals surface area contributed by atoms with Gasteiger partial charge < -0.3 is 10.4 Å². The van der Waals surface area contributed by atoms with Gasteiger partial charge in [0.2, 0.25) is 0 Å². The Bertz CT molecular complexity index is 326. The molecule has 0 aliphatic carbocycles. The molecule has 5 heteroatoms. The molecule has 0 unspecified atom stereocenters. The maximum absolute atomic E-state index is 9.51. The molecule has 0 bridgehead atoms. The molecular weight excluding hydrogens is 259 g/mol. The zero-order chi connectivity index (χ0) is 11.4. The van der Waals surface area contributed by atoms with Gasteiger partial charge in [-0.1, -0.05) is 23.7 Å². The van der Waals surface area contributed by atoms with Crippen molar-refractivity contribution in [3.63, 3.8) is 0 Å². The number of aliphatic hydroxyl groups excluding tert-OH is 1. The van der Waals surface area contributed by atoms with E-state index >= 15 is 0 Å². The van der Waals surface area contributed by atoms with Crippen LogP contribution in [0.5, 0.6) is 0 Å². The van der Waals surface area contributed by atoms with Crippen molar-refractivity contribution < 1.29 is 5.11 Å². The molecule has 2 rings (SSSR count). The molecule has 1 heterocycles. The number of rotatable bonds is 3. The lowest BCUT2D eigenvalue weighted by molar-refractivity contribution is 0.111. The van der Waals surface area contributed by atoms with Crippen molar-refractivity contribution in [2.24, 2.45) is 0 Å². The van der Waals surface area contributed by atoms with Gasteiger partial charge >= 0.3 is 0 Å². The number of piperazine rings is 1. The van der Waals surface area contributed by atoms with Gasteiger partial charge in [-0.15, -0.1) is 12.4 Å². The van der Waals surface area contributed by atoms with E-state index in [0.29, 0.717) is 0 Å². The lowest BCUT2D eigenvalue weighted by Gasteiger charge is -2.34. The highest BCUT2D eigenvalue weighted by Gasteiger charge is 2.20. The van der Waals surface area contributed by atoms with E-state index in [1.54, 1.807) is 0 Å². The van der Waals surface area contributed by atoms with E-state index in [1.807, 2.05) is 24.3 Å². The largest absolute Gasteiger partial charge is 0.394 e. The Morgan fingerprint density at radius 3 is 2.35 bits per heavy atom. The Kier molecular flexibility index (Phi) is 6.23. The van der Waals surface area contributed by atoms with Crippen molar-refractivity contribution in [3.8, 4) is 0 Å². The summed E-state index contributed by atoms with van der Waals surface area (Å²) >= 11 is 5.86. The summed E-state index contributed by atoms with van der Waals surface area (Å²) in [6.07, 6.45) is 0. The van der Waals surface area contributed by atoms with Crippen LogP contribution in [0.4, 0.5) is 0 Å². The summed E-state index contributed by atoms with van der Waals surface area (Å²) in [5, 5.41) is 13.6. The fraction of sp³-hybridized carbons (Fsp3) is 0.500. The lowest BCUT2D eigenvalue weighted by atomic mass is 10.1. The fourth-order valence-corrected chi connectivity index (χ4v) is 2.24. The van der Waals surface area contributed by atoms with Crippen molar-refractivity contribution in [1.29, 1.82) is 0 Å². The minimum Gasteiger partial charge on any atom is -0.394 e. The van der Waals surface area contributed by atoms with Crippen molar-refractivity contribution in [2.45, 2.75) is 6.04 Å². The van der Waals surface area contributed by atoms with Crippen LogP contribution in [0, 0.1) is 0 Å². The Morgan fingerprint density at radius 2 is 1.82 bits per heavy atom. The third kappa shape index (κ3) is 3.83. The predicted molar refractivity (Wildman–Crippen MR) is 73.0 cm³/mol. The zero-order valence-corrected chi connectivity index (χ0v) is 11.2. The summed E-state index contributed by atoms with van der Waals surface area (Å²) in [5.74, 6) is 0. The normalized spacial score (nSPS) is 18.5. The third-order valence-corrected chi connectivity index (χ3v) is 3.27. The van der Waals surface area contributed by atoms with Crippen molar-refractivity contribution in [3.05, 3.63) is 34.9 Å². The van der Waals surface area contributed by atoms with Gasteiger partial charge in [-0.05, 0) is 17.7 Å². The van der Waals surface area contributed by atoms with Crippen LogP contribution < -0.4 is 5.32 Å². The van der Waals surface area contributed by atoms with E-state index in [4.69, 9.17) is 11.6 Å². The number of halogens is 2. The number of hydrogen-bond donors (Lipinski definition) is 2. The van der Waals surface area contributed by atoms with E-state index in [2.05, 4.69) is 10.2 Å². The first-order valence-electron chi connectivity index (χ1n) is 5.62. The van der Waals surface area contributed by atoms with Crippen molar-refractivity contribution in [1.82, 2.24) is 10.2 Å². The minimum atomic E-state index is 0. The van der Waals surface area contributed by atoms with Crippen LogP contribution in [0.3, 0.4) is 0 Å². The van der Waals surface area contributed by atoms with E-state index in [0.717, 1.165) is 36.8 Å². The Labute approximate surface area is 113 Å². The van der Waals surface area contributed by atoms with E-state index < -0.39 is 0 Å². The summed E-state index contributed by atoms with van der Waals surface area (Å²) in [6.45, 7) is 4.09. The van der Waals surface area contributed by atoms with Crippen molar-refractivity contribution in [2.75, 3.05) is 32.8 Å². The number of nitrogens with one attached hydrogen (secondary N) is 1. The molecule has 0 radical (unpaired) electrons. The van der Waals surface area contributed by atoms with Crippen LogP contribution in [0.25, 0.3) is 0 Å². The Hall–Kier alpha value is -0.320. The highest BCUT2D eigenvalue weighted by molar-refractivity contribution is 6.30. The molecule has 0 saturated carbocycles. The topological polar surface area (TPSA) is 35.5 Å². The molecule has 96 valence electrons. The smallest absolute Gasteiger partial charge is 0.0628 e. The number of nitrogens with zero attached hydrogens (tertiary/aromatic N) is 1. The molecule has 0 spiro atoms. The van der Waals surface area contributed by atoms with E-state index in [9.17, 15) is 5.11 Å². The first-order valence-corrected chi connectivity index (χ1v) is 6.00. The van der Waals surface area contributed by atoms with Gasteiger partial charge in [0.25, 0.3) is 0 Å². The number of benzene rings is 1. The second-order valence-electron chi connectivity index (χ2n) is 4.04. The SMILES string of the molecule is Cl.OC[C@H](c1ccc(Cl)cc1)N1CCNCC1. The Morgan fingerprint density at radius 1 is 1.24 bits per heavy atom. The molecule has 0 amide bonds. The molecule has 1 aliphatic rings. The first-order chi connectivity index (χ1) is 7.81. The van der Waals surface area contributed by atoms with Gasteiger partial charge in [0.1, 0.15) is 0 Å². The van der Waals surface area contributed by atoms with Crippen LogP contribution in [0.15, 0.2) is 24.3 Å². The average molecular weight is 277 g/mol. The number of aliphatic hydroxyl groups is 1. The Balaban J connectivity index is 0.00000144. The summed E-state index contributed by atoms with van der Waals surface area (Å²) < 4.78 is 0. The van der Waals surface area contributed by atoms with Gasteiger partial charge in [-0.3, -0.25) is 4.90 Å². The van der Waals surface area contributed by atoms with Crippen LogP contribution in [-0.4, -0.2) is 42.8 Å². The van der Waals surface area contributed by atoms with Gasteiger partial charge in [-0.2, -0.15) is 0 Å². The van der Waals surface area contributed by atoms with Gasteiger partial charge in [0, 0.05) is 31.2 Å². The van der Waals surface area contributed by atoms with E-state index in [-0.39, 0.29) is 25.1 Å². The highest BCUT2D eigenvalue weighted by Crippen LogP contribution is 2.22. The second kappa shape index (κ2) is 7.19. The summed E-state index contributed by atoms with van der Waals surface area (Å²) in [5.41, 5.74) is 1.13. The monoisotopic (exact) mass is 276 g/mol. The van der Waals surface area contributed by atoms with E-state index in [1.165, 1.54) is 0 Å². The average Bonchev–Trinajstić information content (AvgIpc) is 2.34. The van der Waals surface area contributed by atoms with Crippen molar-refractivity contribution >= 4 is 24.0 Å². The molecule has 1 saturated heterocycles. The standard InChI is InChI=1S/C12H17ClN2O.ClH/c13-11-3-1-10(2-4-11)12(9-16)15-7-5-14-6-8-15;/h1-4,12,14,16H,5-9H2;1H/t12-;/m1./s1. The molecule has 3 nitrogen and oxygen atoms in total. The molecular formula is C12H18Cl2N2O. The third-order valence-electron chi connectivity index (χ3n) is 3.02. The summed E-state index contributed by atoms with van der Waals surface area (Å²) in [4.78, 5) is 2.31. The van der Waals surface area contributed by atoms with Crippen LogP contribution >= 0.6 is 24.0 Å². The maximum atomic E-state index is 9.51. The van der Waals surface area contributed by atoms with Crippen LogP contribution in [-0.2, 0) is 0 Å². The summed E-state index contributed by atoms with van der Waals surface area (Å²) in [6, 6.07) is 7.83. The first kappa shape index (κ1) is 14.7. The fourth-order valence-electron chi connectivity index (χ4n) is 2.11. The molecule has 2 N–H and O–H groups in total. The molecule has 1 atom stereocenters. The van der Waals surface area contributed by atoms with Crippen LogP contribution in [0.1, 0.15) is 11.6 Å². The molecule has 17 heavy (non-hydrogen) atoms. The van der Waals surface area contributed by atoms with Gasteiger partial charge in [0.05, 0.1) is 12.6 Å². The minimum absolute atomic E-state index is 0. The molecule has 1 aromatic carbocycles. The highest BCUT2D eigenvalue weighted by atomic mass is 35.5. The van der Waals surface area contributed by atoms with Gasteiger partial charge in [-0.25, -0.2) is 0 Å². The quantitative estimate of drug-likeness (QED) is 0.882. The molecule has 1 fully saturated rings. The lowest BCUT2D eigenvalue weighted by Crippen LogP contribution is -2.46. The molecule has 1 aromatic rings. The van der Waals surface area contributed by atoms with Gasteiger partial charge in [0.15, 0.2) is 0 Å². The zero-order valence-electron chi connectivity index (χ0n) is 9.60. The molecule has 1 aliphatic heterocycles. The predicted octanol–water partition coefficient (Wildman–Crippen LogP) is 1.70. The summed E-state index contributed by atoms with van der Waals surface area (Å²) in [7, 11) is 0. The second-order valence-corrected chi connectivity index (χ2v) is 4.47. The maximum Gasteiger partial charge on any atom is 0.0628 e. The number of hydrogen-bond acceptors (Lipinski definition) is 3.